The van der Waals surface area contributed by atoms with Crippen LogP contribution >= 0.6 is 0 Å². The van der Waals surface area contributed by atoms with Crippen LogP contribution < -0.4 is 0 Å². The molecule has 0 aliphatic heterocycles. The molecule has 0 aliphatic carbocycles. The Kier molecular flexibility index (Phi) is 1.77. The molecule has 0 unspecified atom stereocenters. The molecule has 0 radical (unpaired) electrons. The molecule has 16 heavy (non-hydrogen) atoms. The van der Waals surface area contributed by atoms with Gasteiger partial charge in [0.1, 0.15) is 17.4 Å². The molecule has 0 amide bonds. The zero-order valence-corrected chi connectivity index (χ0v) is 8.52. The summed E-state index contributed by atoms with van der Waals surface area (Å²) in [5.74, 6) is -0.460. The Hall–Kier alpha value is -2.23. The van der Waals surface area contributed by atoms with Crippen molar-refractivity contribution in [1.82, 2.24) is 0 Å². The fourth-order valence-electron chi connectivity index (χ4n) is 1.74. The van der Waals surface area contributed by atoms with Gasteiger partial charge in [0, 0.05) is 0 Å². The summed E-state index contributed by atoms with van der Waals surface area (Å²) in [4.78, 5) is 11.4. The van der Waals surface area contributed by atoms with Crippen LogP contribution in [0.2, 0.25) is 0 Å². The number of carbonyl (C=O) groups is 1. The number of hydrogen-bond acceptors (Lipinski definition) is 4. The lowest BCUT2D eigenvalue weighted by molar-refractivity contribution is 0.0601. The van der Waals surface area contributed by atoms with E-state index >= 15 is 0 Å². The third kappa shape index (κ3) is 1.07. The number of rotatable bonds is 1. The highest BCUT2D eigenvalue weighted by molar-refractivity contribution is 6.09. The first-order valence-electron chi connectivity index (χ1n) is 4.78. The molecule has 0 spiro atoms. The molecular weight excluding hydrogens is 208 g/mol. The lowest BCUT2D eigenvalue weighted by Gasteiger charge is -1.91. The summed E-state index contributed by atoms with van der Waals surface area (Å²) >= 11 is 0. The Morgan fingerprint density at radius 2 is 2.06 bits per heavy atom. The second-order valence-electron chi connectivity index (χ2n) is 3.40. The van der Waals surface area contributed by atoms with E-state index in [1.165, 1.54) is 13.4 Å². The van der Waals surface area contributed by atoms with Crippen LogP contribution in [0.5, 0.6) is 0 Å². The molecule has 2 heterocycles. The van der Waals surface area contributed by atoms with Crippen molar-refractivity contribution < 1.29 is 18.4 Å². The van der Waals surface area contributed by atoms with Crippen molar-refractivity contribution >= 4 is 28.1 Å². The van der Waals surface area contributed by atoms with Gasteiger partial charge in [-0.25, -0.2) is 4.79 Å². The van der Waals surface area contributed by atoms with Gasteiger partial charge in [0.15, 0.2) is 11.2 Å². The molecule has 0 saturated carbocycles. The summed E-state index contributed by atoms with van der Waals surface area (Å²) in [6, 6.07) is 7.46. The minimum absolute atomic E-state index is 0.314. The molecule has 4 nitrogen and oxygen atoms in total. The molecule has 3 rings (SSSR count). The van der Waals surface area contributed by atoms with E-state index in [1.54, 1.807) is 0 Å². The predicted molar refractivity (Wildman–Crippen MR) is 57.3 cm³/mol. The standard InChI is InChI=1S/C12H8O4/c1-14-12(13)8-6-15-10-7-4-2-3-5-9(7)16-11(8)10/h2-6H,1H3. The van der Waals surface area contributed by atoms with Crippen molar-refractivity contribution in [2.24, 2.45) is 0 Å². The van der Waals surface area contributed by atoms with Crippen molar-refractivity contribution in [3.63, 3.8) is 0 Å². The fourth-order valence-corrected chi connectivity index (χ4v) is 1.74. The Morgan fingerprint density at radius 1 is 1.25 bits per heavy atom. The van der Waals surface area contributed by atoms with E-state index in [-0.39, 0.29) is 0 Å². The average Bonchev–Trinajstić information content (AvgIpc) is 2.86. The maximum atomic E-state index is 11.4. The summed E-state index contributed by atoms with van der Waals surface area (Å²) < 4.78 is 15.5. The van der Waals surface area contributed by atoms with Crippen molar-refractivity contribution in [3.8, 4) is 0 Å². The third-order valence-corrected chi connectivity index (χ3v) is 2.49. The number of fused-ring (bicyclic) bond motifs is 3. The van der Waals surface area contributed by atoms with Gasteiger partial charge in [0.05, 0.1) is 12.5 Å². The van der Waals surface area contributed by atoms with E-state index in [2.05, 4.69) is 4.74 Å². The van der Waals surface area contributed by atoms with Gasteiger partial charge >= 0.3 is 5.97 Å². The number of methoxy groups -OCH3 is 1. The number of hydrogen-bond donors (Lipinski definition) is 0. The Bertz CT molecular complexity index is 675. The van der Waals surface area contributed by atoms with E-state index in [9.17, 15) is 4.79 Å². The van der Waals surface area contributed by atoms with Gasteiger partial charge in [-0.2, -0.15) is 0 Å². The maximum Gasteiger partial charge on any atom is 0.345 e. The largest absolute Gasteiger partial charge is 0.465 e. The van der Waals surface area contributed by atoms with E-state index in [4.69, 9.17) is 8.83 Å². The van der Waals surface area contributed by atoms with Crippen molar-refractivity contribution in [3.05, 3.63) is 36.1 Å². The number of benzene rings is 1. The summed E-state index contributed by atoms with van der Waals surface area (Å²) in [5, 5.41) is 0.854. The number of carbonyl (C=O) groups excluding carboxylic acids is 1. The molecule has 0 N–H and O–H groups in total. The molecule has 80 valence electrons. The molecule has 4 heteroatoms. The minimum atomic E-state index is -0.460. The first kappa shape index (κ1) is 9.03. The van der Waals surface area contributed by atoms with Gasteiger partial charge in [-0.05, 0) is 12.1 Å². The van der Waals surface area contributed by atoms with Gasteiger partial charge in [-0.3, -0.25) is 0 Å². The highest BCUT2D eigenvalue weighted by atomic mass is 16.5. The lowest BCUT2D eigenvalue weighted by Crippen LogP contribution is -1.98. The molecule has 0 atom stereocenters. The van der Waals surface area contributed by atoms with E-state index < -0.39 is 5.97 Å². The summed E-state index contributed by atoms with van der Waals surface area (Å²) in [5.41, 5.74) is 2.03. The van der Waals surface area contributed by atoms with Gasteiger partial charge in [0.2, 0.25) is 0 Å². The zero-order valence-electron chi connectivity index (χ0n) is 8.52. The number of esters is 1. The zero-order chi connectivity index (χ0) is 11.1. The average molecular weight is 216 g/mol. The molecule has 1 aromatic carbocycles. The lowest BCUT2D eigenvalue weighted by atomic mass is 10.2. The quantitative estimate of drug-likeness (QED) is 0.587. The van der Waals surface area contributed by atoms with Crippen LogP contribution in [-0.4, -0.2) is 13.1 Å². The predicted octanol–water partition coefficient (Wildman–Crippen LogP) is 2.97. The SMILES string of the molecule is COC(=O)c1coc2c1oc1ccccc12. The van der Waals surface area contributed by atoms with Crippen molar-refractivity contribution in [1.29, 1.82) is 0 Å². The van der Waals surface area contributed by atoms with Crippen LogP contribution in [0.25, 0.3) is 22.1 Å². The van der Waals surface area contributed by atoms with Crippen molar-refractivity contribution in [2.45, 2.75) is 0 Å². The first-order chi connectivity index (χ1) is 7.81. The molecule has 0 saturated heterocycles. The van der Waals surface area contributed by atoms with Gasteiger partial charge in [-0.1, -0.05) is 12.1 Å². The Balaban J connectivity index is 2.38. The topological polar surface area (TPSA) is 52.6 Å². The summed E-state index contributed by atoms with van der Waals surface area (Å²) in [7, 11) is 1.32. The summed E-state index contributed by atoms with van der Waals surface area (Å²) in [6.45, 7) is 0. The molecule has 3 aromatic rings. The second kappa shape index (κ2) is 3.13. The highest BCUT2D eigenvalue weighted by Crippen LogP contribution is 2.32. The monoisotopic (exact) mass is 216 g/mol. The molecule has 2 aromatic heterocycles. The van der Waals surface area contributed by atoms with Crippen LogP contribution in [0.15, 0.2) is 39.4 Å². The van der Waals surface area contributed by atoms with Crippen LogP contribution in [0.1, 0.15) is 10.4 Å². The molecular formula is C12H8O4. The highest BCUT2D eigenvalue weighted by Gasteiger charge is 2.20. The van der Waals surface area contributed by atoms with Gasteiger partial charge in [-0.15, -0.1) is 0 Å². The van der Waals surface area contributed by atoms with Crippen molar-refractivity contribution in [2.75, 3.05) is 7.11 Å². The van der Waals surface area contributed by atoms with E-state index in [1.807, 2.05) is 24.3 Å². The Morgan fingerprint density at radius 3 is 2.88 bits per heavy atom. The fraction of sp³-hybridized carbons (Fsp3) is 0.0833. The number of ether oxygens (including phenoxy) is 1. The van der Waals surface area contributed by atoms with Gasteiger partial charge in [0.25, 0.3) is 0 Å². The minimum Gasteiger partial charge on any atom is -0.465 e. The van der Waals surface area contributed by atoms with E-state index in [0.717, 1.165) is 5.39 Å². The normalized spacial score (nSPS) is 11.1. The number of para-hydroxylation sites is 1. The molecule has 0 aliphatic rings. The van der Waals surface area contributed by atoms with Crippen LogP contribution in [0.4, 0.5) is 0 Å². The maximum absolute atomic E-state index is 11.4. The Labute approximate surface area is 90.4 Å². The number of furan rings is 2. The molecule has 0 fully saturated rings. The smallest absolute Gasteiger partial charge is 0.345 e. The third-order valence-electron chi connectivity index (χ3n) is 2.49. The van der Waals surface area contributed by atoms with Crippen LogP contribution in [-0.2, 0) is 4.74 Å². The molecule has 0 bridgehead atoms. The van der Waals surface area contributed by atoms with E-state index in [0.29, 0.717) is 22.3 Å². The first-order valence-corrected chi connectivity index (χ1v) is 4.78. The second-order valence-corrected chi connectivity index (χ2v) is 3.40. The van der Waals surface area contributed by atoms with Gasteiger partial charge < -0.3 is 13.6 Å². The summed E-state index contributed by atoms with van der Waals surface area (Å²) in [6.07, 6.45) is 1.35. The van der Waals surface area contributed by atoms with Crippen LogP contribution in [0, 0.1) is 0 Å². The van der Waals surface area contributed by atoms with Crippen LogP contribution in [0.3, 0.4) is 0 Å².